The van der Waals surface area contributed by atoms with Crippen LogP contribution in [0.1, 0.15) is 20.3 Å². The van der Waals surface area contributed by atoms with Crippen molar-refractivity contribution >= 4 is 6.03 Å². The normalized spacial score (nSPS) is 13.3. The molecule has 0 aromatic heterocycles. The van der Waals surface area contributed by atoms with Gasteiger partial charge in [-0.2, -0.15) is 0 Å². The minimum atomic E-state index is -0.984. The van der Waals surface area contributed by atoms with Gasteiger partial charge >= 0.3 is 6.03 Å². The Labute approximate surface area is 128 Å². The summed E-state index contributed by atoms with van der Waals surface area (Å²) in [6.45, 7) is 4.35. The van der Waals surface area contributed by atoms with Crippen LogP contribution >= 0.6 is 0 Å². The van der Waals surface area contributed by atoms with Gasteiger partial charge < -0.3 is 20.5 Å². The summed E-state index contributed by atoms with van der Waals surface area (Å²) in [6, 6.07) is 2.80. The molecule has 0 aliphatic rings. The van der Waals surface area contributed by atoms with Gasteiger partial charge in [-0.15, -0.1) is 0 Å². The second-order valence-corrected chi connectivity index (χ2v) is 5.01. The van der Waals surface area contributed by atoms with Gasteiger partial charge in [-0.05, 0) is 18.1 Å². The van der Waals surface area contributed by atoms with Gasteiger partial charge in [0.1, 0.15) is 12.4 Å². The van der Waals surface area contributed by atoms with Crippen molar-refractivity contribution in [3.05, 3.63) is 29.8 Å². The summed E-state index contributed by atoms with van der Waals surface area (Å²) in [4.78, 5) is 11.5. The molecule has 1 aromatic carbocycles. The maximum Gasteiger partial charge on any atom is 0.315 e. The third-order valence-electron chi connectivity index (χ3n) is 3.32. The lowest BCUT2D eigenvalue weighted by molar-refractivity contribution is 0.114. The molecule has 0 aliphatic carbocycles. The first-order valence-corrected chi connectivity index (χ1v) is 7.21. The molecule has 22 heavy (non-hydrogen) atoms. The Hall–Kier alpha value is -1.89. The number of carbonyl (C=O) groups excluding carboxylic acids is 1. The van der Waals surface area contributed by atoms with E-state index in [4.69, 9.17) is 4.74 Å². The number of carbonyl (C=O) groups is 1. The monoisotopic (exact) mass is 316 g/mol. The van der Waals surface area contributed by atoms with E-state index >= 15 is 0 Å². The van der Waals surface area contributed by atoms with Crippen molar-refractivity contribution < 1.29 is 23.4 Å². The van der Waals surface area contributed by atoms with E-state index in [-0.39, 0.29) is 31.4 Å². The Kier molecular flexibility index (Phi) is 7.59. The highest BCUT2D eigenvalue weighted by Gasteiger charge is 2.12. The van der Waals surface area contributed by atoms with Crippen LogP contribution in [0.15, 0.2) is 18.2 Å². The fourth-order valence-corrected chi connectivity index (χ4v) is 1.63. The van der Waals surface area contributed by atoms with E-state index in [9.17, 15) is 18.7 Å². The van der Waals surface area contributed by atoms with E-state index in [1.54, 1.807) is 0 Å². The Morgan fingerprint density at radius 2 is 2.05 bits per heavy atom. The maximum atomic E-state index is 12.9. The largest absolute Gasteiger partial charge is 0.492 e. The molecule has 1 rings (SSSR count). The number of hydrogen-bond acceptors (Lipinski definition) is 3. The first-order valence-electron chi connectivity index (χ1n) is 7.21. The fourth-order valence-electron chi connectivity index (χ4n) is 1.63. The summed E-state index contributed by atoms with van der Waals surface area (Å²) in [5, 5.41) is 14.8. The first-order chi connectivity index (χ1) is 10.4. The lowest BCUT2D eigenvalue weighted by atomic mass is 10.0. The molecule has 1 aromatic rings. The van der Waals surface area contributed by atoms with Crippen LogP contribution in [-0.2, 0) is 0 Å². The zero-order chi connectivity index (χ0) is 16.5. The Morgan fingerprint density at radius 1 is 1.32 bits per heavy atom. The number of ether oxygens (including phenoxy) is 1. The van der Waals surface area contributed by atoms with Crippen molar-refractivity contribution in [3.8, 4) is 5.75 Å². The lowest BCUT2D eigenvalue weighted by Gasteiger charge is -2.17. The second kappa shape index (κ2) is 9.19. The predicted octanol–water partition coefficient (Wildman–Crippen LogP) is 2.05. The van der Waals surface area contributed by atoms with Crippen LogP contribution in [0.2, 0.25) is 0 Å². The van der Waals surface area contributed by atoms with E-state index in [0.717, 1.165) is 18.6 Å². The van der Waals surface area contributed by atoms with Crippen LogP contribution in [0.3, 0.4) is 0 Å². The molecule has 2 atom stereocenters. The highest BCUT2D eigenvalue weighted by Crippen LogP contribution is 2.14. The van der Waals surface area contributed by atoms with Crippen LogP contribution in [0.25, 0.3) is 0 Å². The number of amides is 2. The van der Waals surface area contributed by atoms with Crippen molar-refractivity contribution in [1.82, 2.24) is 10.6 Å². The molecular formula is C15H22F2N2O3. The first kappa shape index (κ1) is 18.2. The van der Waals surface area contributed by atoms with Gasteiger partial charge in [-0.3, -0.25) is 0 Å². The highest BCUT2D eigenvalue weighted by molar-refractivity contribution is 5.73. The van der Waals surface area contributed by atoms with Crippen molar-refractivity contribution in [2.24, 2.45) is 5.92 Å². The number of rotatable bonds is 8. The van der Waals surface area contributed by atoms with Gasteiger partial charge in [0.05, 0.1) is 12.6 Å². The molecule has 0 spiro atoms. The molecule has 0 saturated carbocycles. The average molecular weight is 316 g/mol. The summed E-state index contributed by atoms with van der Waals surface area (Å²) >= 11 is 0. The Balaban J connectivity index is 2.18. The van der Waals surface area contributed by atoms with Crippen LogP contribution in [0, 0.1) is 17.6 Å². The van der Waals surface area contributed by atoms with E-state index in [1.807, 2.05) is 13.8 Å². The molecule has 0 heterocycles. The molecule has 0 aliphatic heterocycles. The molecule has 2 amide bonds. The summed E-state index contributed by atoms with van der Waals surface area (Å²) < 4.78 is 30.8. The van der Waals surface area contributed by atoms with Gasteiger partial charge in [-0.25, -0.2) is 13.6 Å². The standard InChI is InChI=1S/C15H22F2N2O3/c1-3-10(2)14(20)9-19-15(21)18-6-7-22-11-4-5-12(16)13(17)8-11/h4-5,8,10,14,20H,3,6-7,9H2,1-2H3,(H2,18,19,21). The van der Waals surface area contributed by atoms with Crippen LogP contribution in [-0.4, -0.2) is 36.9 Å². The fraction of sp³-hybridized carbons (Fsp3) is 0.533. The average Bonchev–Trinajstić information content (AvgIpc) is 2.51. The van der Waals surface area contributed by atoms with Gasteiger partial charge in [0.25, 0.3) is 0 Å². The maximum absolute atomic E-state index is 12.9. The van der Waals surface area contributed by atoms with Crippen molar-refractivity contribution in [1.29, 1.82) is 0 Å². The number of hydrogen-bond donors (Lipinski definition) is 3. The van der Waals surface area contributed by atoms with Crippen molar-refractivity contribution in [3.63, 3.8) is 0 Å². The van der Waals surface area contributed by atoms with E-state index in [2.05, 4.69) is 10.6 Å². The zero-order valence-corrected chi connectivity index (χ0v) is 12.7. The van der Waals surface area contributed by atoms with Gasteiger partial charge in [0.2, 0.25) is 0 Å². The van der Waals surface area contributed by atoms with Crippen LogP contribution < -0.4 is 15.4 Å². The molecule has 0 fully saturated rings. The van der Waals surface area contributed by atoms with E-state index < -0.39 is 23.8 Å². The molecule has 124 valence electrons. The summed E-state index contributed by atoms with van der Waals surface area (Å²) in [7, 11) is 0. The summed E-state index contributed by atoms with van der Waals surface area (Å²) in [5.74, 6) is -1.63. The van der Waals surface area contributed by atoms with Gasteiger partial charge in [-0.1, -0.05) is 20.3 Å². The number of benzene rings is 1. The third-order valence-corrected chi connectivity index (χ3v) is 3.32. The molecule has 7 heteroatoms. The van der Waals surface area contributed by atoms with Crippen LogP contribution in [0.5, 0.6) is 5.75 Å². The van der Waals surface area contributed by atoms with Gasteiger partial charge in [0, 0.05) is 12.6 Å². The lowest BCUT2D eigenvalue weighted by Crippen LogP contribution is -2.42. The molecule has 0 radical (unpaired) electrons. The van der Waals surface area contributed by atoms with E-state index in [0.29, 0.717) is 0 Å². The number of nitrogens with one attached hydrogen (secondary N) is 2. The smallest absolute Gasteiger partial charge is 0.315 e. The molecular weight excluding hydrogens is 294 g/mol. The number of aliphatic hydroxyl groups is 1. The summed E-state index contributed by atoms with van der Waals surface area (Å²) in [6.07, 6.45) is 0.237. The molecule has 0 bridgehead atoms. The Bertz CT molecular complexity index is 486. The molecule has 0 saturated heterocycles. The van der Waals surface area contributed by atoms with Crippen molar-refractivity contribution in [2.75, 3.05) is 19.7 Å². The number of aliphatic hydroxyl groups excluding tert-OH is 1. The van der Waals surface area contributed by atoms with Crippen molar-refractivity contribution in [2.45, 2.75) is 26.4 Å². The second-order valence-electron chi connectivity index (χ2n) is 5.01. The molecule has 5 nitrogen and oxygen atoms in total. The van der Waals surface area contributed by atoms with Gasteiger partial charge in [0.15, 0.2) is 11.6 Å². The Morgan fingerprint density at radius 3 is 2.68 bits per heavy atom. The number of urea groups is 1. The number of halogens is 2. The predicted molar refractivity (Wildman–Crippen MR) is 78.7 cm³/mol. The minimum absolute atomic E-state index is 0.108. The highest BCUT2D eigenvalue weighted by atomic mass is 19.2. The molecule has 2 unspecified atom stereocenters. The quantitative estimate of drug-likeness (QED) is 0.643. The van der Waals surface area contributed by atoms with E-state index in [1.165, 1.54) is 6.07 Å². The SMILES string of the molecule is CCC(C)C(O)CNC(=O)NCCOc1ccc(F)c(F)c1. The van der Waals surface area contributed by atoms with Crippen LogP contribution in [0.4, 0.5) is 13.6 Å². The molecule has 3 N–H and O–H groups in total. The zero-order valence-electron chi connectivity index (χ0n) is 12.7. The summed E-state index contributed by atoms with van der Waals surface area (Å²) in [5.41, 5.74) is 0. The topological polar surface area (TPSA) is 70.6 Å². The minimum Gasteiger partial charge on any atom is -0.492 e. The third kappa shape index (κ3) is 6.26.